The third kappa shape index (κ3) is 2.83. The lowest BCUT2D eigenvalue weighted by Crippen LogP contribution is -2.34. The fourth-order valence-electron chi connectivity index (χ4n) is 3.06. The van der Waals surface area contributed by atoms with E-state index < -0.39 is 0 Å². The molecular weight excluding hydrogens is 330 g/mol. The molecule has 0 aliphatic carbocycles. The van der Waals surface area contributed by atoms with Gasteiger partial charge in [0.25, 0.3) is 5.56 Å². The summed E-state index contributed by atoms with van der Waals surface area (Å²) in [5.41, 5.74) is 2.34. The summed E-state index contributed by atoms with van der Waals surface area (Å²) in [6.07, 6.45) is 3.56. The zero-order chi connectivity index (χ0) is 18.1. The predicted molar refractivity (Wildman–Crippen MR) is 97.8 cm³/mol. The van der Waals surface area contributed by atoms with Gasteiger partial charge in [-0.2, -0.15) is 10.2 Å². The van der Waals surface area contributed by atoms with Crippen molar-refractivity contribution in [3.63, 3.8) is 0 Å². The van der Waals surface area contributed by atoms with Crippen LogP contribution in [0.25, 0.3) is 16.3 Å². The minimum atomic E-state index is -0.268. The second kappa shape index (κ2) is 6.44. The third-order valence-corrected chi connectivity index (χ3v) is 4.35. The van der Waals surface area contributed by atoms with Gasteiger partial charge in [-0.05, 0) is 30.7 Å². The molecule has 3 aromatic heterocycles. The number of nitrogens with zero attached hydrogens (tertiary/aromatic N) is 4. The van der Waals surface area contributed by atoms with Gasteiger partial charge in [-0.1, -0.05) is 24.3 Å². The van der Waals surface area contributed by atoms with Crippen LogP contribution in [0.15, 0.2) is 59.7 Å². The summed E-state index contributed by atoms with van der Waals surface area (Å²) < 4.78 is 2.96. The lowest BCUT2D eigenvalue weighted by Gasteiger charge is -2.10. The molecule has 3 heterocycles. The van der Waals surface area contributed by atoms with Crippen LogP contribution in [0.5, 0.6) is 0 Å². The van der Waals surface area contributed by atoms with E-state index in [2.05, 4.69) is 15.5 Å². The Kier molecular flexibility index (Phi) is 3.96. The Morgan fingerprint density at radius 1 is 1.12 bits per heavy atom. The molecule has 7 nitrogen and oxygen atoms in total. The van der Waals surface area contributed by atoms with Crippen molar-refractivity contribution in [1.29, 1.82) is 0 Å². The van der Waals surface area contributed by atoms with Gasteiger partial charge in [-0.25, -0.2) is 9.20 Å². The lowest BCUT2D eigenvalue weighted by molar-refractivity contribution is -0.122. The van der Waals surface area contributed by atoms with Gasteiger partial charge in [0.1, 0.15) is 6.54 Å². The van der Waals surface area contributed by atoms with Gasteiger partial charge in [0.05, 0.1) is 16.6 Å². The molecule has 1 N–H and O–H groups in total. The number of nitrogens with one attached hydrogen (secondary N) is 1. The molecule has 0 fully saturated rings. The summed E-state index contributed by atoms with van der Waals surface area (Å²) in [7, 11) is 0. The van der Waals surface area contributed by atoms with Crippen LogP contribution in [0, 0.1) is 6.92 Å². The maximum atomic E-state index is 12.5. The average Bonchev–Trinajstić information content (AvgIpc) is 3.13. The van der Waals surface area contributed by atoms with Gasteiger partial charge in [0.15, 0.2) is 0 Å². The Balaban J connectivity index is 1.54. The van der Waals surface area contributed by atoms with Crippen molar-refractivity contribution in [2.45, 2.75) is 20.0 Å². The zero-order valence-corrected chi connectivity index (χ0v) is 14.2. The molecule has 0 aliphatic rings. The summed E-state index contributed by atoms with van der Waals surface area (Å²) in [5, 5.41) is 12.7. The van der Waals surface area contributed by atoms with Gasteiger partial charge in [-0.15, -0.1) is 0 Å². The maximum absolute atomic E-state index is 12.5. The molecule has 0 saturated heterocycles. The highest BCUT2D eigenvalue weighted by atomic mass is 16.2. The monoisotopic (exact) mass is 347 g/mol. The van der Waals surface area contributed by atoms with E-state index in [1.54, 1.807) is 22.8 Å². The number of benzene rings is 1. The van der Waals surface area contributed by atoms with Gasteiger partial charge in [-0.3, -0.25) is 9.59 Å². The summed E-state index contributed by atoms with van der Waals surface area (Å²) in [6, 6.07) is 13.0. The van der Waals surface area contributed by atoms with Crippen molar-refractivity contribution in [2.24, 2.45) is 0 Å². The molecule has 0 saturated carbocycles. The first-order valence-corrected chi connectivity index (χ1v) is 8.28. The molecule has 4 rings (SSSR count). The van der Waals surface area contributed by atoms with E-state index in [0.717, 1.165) is 22.2 Å². The molecule has 1 amide bonds. The highest BCUT2D eigenvalue weighted by Crippen LogP contribution is 2.12. The van der Waals surface area contributed by atoms with Crippen LogP contribution < -0.4 is 10.9 Å². The summed E-state index contributed by atoms with van der Waals surface area (Å²) in [4.78, 5) is 24.9. The van der Waals surface area contributed by atoms with Crippen molar-refractivity contribution in [2.75, 3.05) is 0 Å². The lowest BCUT2D eigenvalue weighted by atomic mass is 10.1. The number of rotatable bonds is 4. The van der Waals surface area contributed by atoms with Crippen molar-refractivity contribution in [3.8, 4) is 0 Å². The molecule has 4 aromatic rings. The van der Waals surface area contributed by atoms with E-state index >= 15 is 0 Å². The minimum absolute atomic E-state index is 0.118. The van der Waals surface area contributed by atoms with Gasteiger partial charge < -0.3 is 5.32 Å². The summed E-state index contributed by atoms with van der Waals surface area (Å²) in [6.45, 7) is 2.07. The van der Waals surface area contributed by atoms with E-state index in [1.165, 1.54) is 4.68 Å². The Hall–Kier alpha value is -3.48. The summed E-state index contributed by atoms with van der Waals surface area (Å²) in [5.74, 6) is -0.268. The van der Waals surface area contributed by atoms with Crippen molar-refractivity contribution < 1.29 is 4.79 Å². The highest BCUT2D eigenvalue weighted by molar-refractivity contribution is 5.83. The zero-order valence-electron chi connectivity index (χ0n) is 14.2. The second-order valence-corrected chi connectivity index (χ2v) is 6.06. The normalized spacial score (nSPS) is 11.1. The Labute approximate surface area is 148 Å². The van der Waals surface area contributed by atoms with Crippen LogP contribution in [-0.4, -0.2) is 25.3 Å². The topological polar surface area (TPSA) is 81.3 Å². The van der Waals surface area contributed by atoms with Crippen molar-refractivity contribution >= 4 is 22.2 Å². The molecular formula is C19H17N5O2. The minimum Gasteiger partial charge on any atom is -0.350 e. The molecule has 0 atom stereocenters. The van der Waals surface area contributed by atoms with Crippen LogP contribution in [0.4, 0.5) is 0 Å². The predicted octanol–water partition coefficient (Wildman–Crippen LogP) is 1.67. The quantitative estimate of drug-likeness (QED) is 0.609. The molecule has 130 valence electrons. The largest absolute Gasteiger partial charge is 0.350 e. The van der Waals surface area contributed by atoms with E-state index in [1.807, 2.05) is 43.5 Å². The number of hydrogen-bond acceptors (Lipinski definition) is 4. The van der Waals surface area contributed by atoms with E-state index in [-0.39, 0.29) is 18.0 Å². The first-order chi connectivity index (χ1) is 12.6. The number of fused-ring (bicyclic) bond motifs is 2. The number of carbonyl (C=O) groups is 1. The van der Waals surface area contributed by atoms with Crippen molar-refractivity contribution in [1.82, 2.24) is 24.7 Å². The molecule has 0 spiro atoms. The maximum Gasteiger partial charge on any atom is 0.275 e. The van der Waals surface area contributed by atoms with E-state index in [9.17, 15) is 9.59 Å². The number of aromatic nitrogens is 4. The fraction of sp³-hybridized carbons (Fsp3) is 0.158. The first kappa shape index (κ1) is 16.0. The first-order valence-electron chi connectivity index (χ1n) is 8.28. The second-order valence-electron chi connectivity index (χ2n) is 6.06. The molecule has 0 radical (unpaired) electrons. The van der Waals surface area contributed by atoms with Gasteiger partial charge in [0, 0.05) is 24.3 Å². The van der Waals surface area contributed by atoms with E-state index in [4.69, 9.17) is 0 Å². The number of hydrogen-bond donors (Lipinski definition) is 1. The van der Waals surface area contributed by atoms with Gasteiger partial charge >= 0.3 is 0 Å². The summed E-state index contributed by atoms with van der Waals surface area (Å²) >= 11 is 0. The van der Waals surface area contributed by atoms with Crippen LogP contribution in [0.3, 0.4) is 0 Å². The highest BCUT2D eigenvalue weighted by Gasteiger charge is 2.11. The average molecular weight is 347 g/mol. The number of amides is 1. The third-order valence-electron chi connectivity index (χ3n) is 4.35. The Bertz CT molecular complexity index is 1180. The Morgan fingerprint density at radius 3 is 2.77 bits per heavy atom. The number of aryl methyl sites for hydroxylation is 1. The van der Waals surface area contributed by atoms with E-state index in [0.29, 0.717) is 11.9 Å². The number of carbonyl (C=O) groups excluding carboxylic acids is 1. The molecule has 0 unspecified atom stereocenters. The van der Waals surface area contributed by atoms with Crippen LogP contribution in [0.1, 0.15) is 11.3 Å². The smallest absolute Gasteiger partial charge is 0.275 e. The standard InChI is InChI=1S/C19H17N5O2/c1-13-15-6-2-3-7-16(15)19(26)24(22-13)12-18(25)20-11-14-5-4-10-23-17(14)8-9-21-23/h2-10H,11-12H2,1H3,(H,20,25). The molecule has 0 bridgehead atoms. The molecule has 1 aromatic carbocycles. The molecule has 26 heavy (non-hydrogen) atoms. The molecule has 7 heteroatoms. The SMILES string of the molecule is Cc1nn(CC(=O)NCc2cccn3nccc23)c(=O)c2ccccc12. The van der Waals surface area contributed by atoms with Gasteiger partial charge in [0.2, 0.25) is 5.91 Å². The Morgan fingerprint density at radius 2 is 1.92 bits per heavy atom. The van der Waals surface area contributed by atoms with Crippen molar-refractivity contribution in [3.05, 3.63) is 76.5 Å². The fourth-order valence-corrected chi connectivity index (χ4v) is 3.06. The van der Waals surface area contributed by atoms with Crippen LogP contribution >= 0.6 is 0 Å². The molecule has 0 aliphatic heterocycles. The number of pyridine rings is 1. The van der Waals surface area contributed by atoms with Crippen LogP contribution in [0.2, 0.25) is 0 Å². The van der Waals surface area contributed by atoms with Crippen LogP contribution in [-0.2, 0) is 17.9 Å².